The molecule has 0 amide bonds. The lowest BCUT2D eigenvalue weighted by atomic mass is 10.2. The highest BCUT2D eigenvalue weighted by Crippen LogP contribution is 2.08. The highest BCUT2D eigenvalue weighted by atomic mass is 16.3. The molecule has 4 nitrogen and oxygen atoms in total. The van der Waals surface area contributed by atoms with E-state index in [1.807, 2.05) is 36.7 Å². The number of aliphatic hydroxyl groups is 1. The summed E-state index contributed by atoms with van der Waals surface area (Å²) in [6.07, 6.45) is 5.66. The van der Waals surface area contributed by atoms with E-state index in [2.05, 4.69) is 33.2 Å². The van der Waals surface area contributed by atoms with Crippen molar-refractivity contribution in [3.8, 4) is 0 Å². The number of rotatable bonds is 8. The van der Waals surface area contributed by atoms with Crippen LogP contribution >= 0.6 is 0 Å². The SMILES string of the molecule is C=CCN(CCO)Cc1nccn1Cc1ccccc1. The number of aliphatic hydroxyl groups excluding tert-OH is 1. The largest absolute Gasteiger partial charge is 0.395 e. The zero-order valence-electron chi connectivity index (χ0n) is 11.7. The van der Waals surface area contributed by atoms with Gasteiger partial charge in [-0.2, -0.15) is 0 Å². The monoisotopic (exact) mass is 271 g/mol. The average Bonchev–Trinajstić information content (AvgIpc) is 2.88. The highest BCUT2D eigenvalue weighted by Gasteiger charge is 2.09. The predicted molar refractivity (Wildman–Crippen MR) is 80.3 cm³/mol. The van der Waals surface area contributed by atoms with Crippen LogP contribution in [0.5, 0.6) is 0 Å². The molecule has 1 heterocycles. The van der Waals surface area contributed by atoms with Crippen molar-refractivity contribution < 1.29 is 5.11 Å². The number of hydrogen-bond donors (Lipinski definition) is 1. The maximum atomic E-state index is 9.09. The fraction of sp³-hybridized carbons (Fsp3) is 0.312. The molecule has 0 saturated carbocycles. The first-order valence-electron chi connectivity index (χ1n) is 6.81. The molecule has 0 saturated heterocycles. The average molecular weight is 271 g/mol. The molecule has 0 aliphatic carbocycles. The molecule has 0 radical (unpaired) electrons. The van der Waals surface area contributed by atoms with E-state index < -0.39 is 0 Å². The zero-order chi connectivity index (χ0) is 14.2. The molecule has 106 valence electrons. The van der Waals surface area contributed by atoms with Gasteiger partial charge >= 0.3 is 0 Å². The molecule has 4 heteroatoms. The van der Waals surface area contributed by atoms with Gasteiger partial charge in [-0.15, -0.1) is 6.58 Å². The first kappa shape index (κ1) is 14.5. The Labute approximate surface area is 120 Å². The predicted octanol–water partition coefficient (Wildman–Crippen LogP) is 1.91. The molecular formula is C16H21N3O. The third-order valence-electron chi connectivity index (χ3n) is 3.17. The minimum absolute atomic E-state index is 0.146. The molecule has 1 aromatic carbocycles. The lowest BCUT2D eigenvalue weighted by Gasteiger charge is -2.19. The highest BCUT2D eigenvalue weighted by molar-refractivity contribution is 5.15. The van der Waals surface area contributed by atoms with Crippen molar-refractivity contribution in [3.63, 3.8) is 0 Å². The fourth-order valence-electron chi connectivity index (χ4n) is 2.17. The molecule has 1 aromatic heterocycles. The molecule has 20 heavy (non-hydrogen) atoms. The van der Waals surface area contributed by atoms with Gasteiger partial charge in [0.25, 0.3) is 0 Å². The topological polar surface area (TPSA) is 41.3 Å². The van der Waals surface area contributed by atoms with Gasteiger partial charge < -0.3 is 9.67 Å². The third-order valence-corrected chi connectivity index (χ3v) is 3.17. The van der Waals surface area contributed by atoms with E-state index in [4.69, 9.17) is 5.11 Å². The van der Waals surface area contributed by atoms with Crippen LogP contribution in [0.15, 0.2) is 55.4 Å². The summed E-state index contributed by atoms with van der Waals surface area (Å²) < 4.78 is 2.14. The second kappa shape index (κ2) is 7.62. The van der Waals surface area contributed by atoms with Crippen LogP contribution < -0.4 is 0 Å². The number of nitrogens with zero attached hydrogens (tertiary/aromatic N) is 3. The third kappa shape index (κ3) is 4.05. The van der Waals surface area contributed by atoms with Crippen LogP contribution in [-0.2, 0) is 13.1 Å². The Morgan fingerprint density at radius 2 is 2.10 bits per heavy atom. The van der Waals surface area contributed by atoms with Crippen molar-refractivity contribution in [1.29, 1.82) is 0 Å². The van der Waals surface area contributed by atoms with Crippen LogP contribution in [0, 0.1) is 0 Å². The molecule has 0 bridgehead atoms. The van der Waals surface area contributed by atoms with Crippen LogP contribution in [0.25, 0.3) is 0 Å². The van der Waals surface area contributed by atoms with E-state index in [0.29, 0.717) is 13.1 Å². The van der Waals surface area contributed by atoms with E-state index in [1.165, 1.54) is 5.56 Å². The van der Waals surface area contributed by atoms with Gasteiger partial charge in [0.05, 0.1) is 13.2 Å². The fourth-order valence-corrected chi connectivity index (χ4v) is 2.17. The Balaban J connectivity index is 2.05. The molecule has 0 aliphatic rings. The van der Waals surface area contributed by atoms with Crippen LogP contribution in [0.3, 0.4) is 0 Å². The summed E-state index contributed by atoms with van der Waals surface area (Å²) in [4.78, 5) is 6.54. The van der Waals surface area contributed by atoms with Crippen molar-refractivity contribution >= 4 is 0 Å². The summed E-state index contributed by atoms with van der Waals surface area (Å²) in [6, 6.07) is 10.3. The molecule has 0 spiro atoms. The van der Waals surface area contributed by atoms with Gasteiger partial charge in [0, 0.05) is 32.0 Å². The van der Waals surface area contributed by atoms with Crippen molar-refractivity contribution in [2.24, 2.45) is 0 Å². The first-order valence-corrected chi connectivity index (χ1v) is 6.81. The molecule has 0 aliphatic heterocycles. The van der Waals surface area contributed by atoms with Gasteiger partial charge in [-0.3, -0.25) is 4.90 Å². The van der Waals surface area contributed by atoms with E-state index in [-0.39, 0.29) is 6.61 Å². The van der Waals surface area contributed by atoms with Gasteiger partial charge in [0.15, 0.2) is 0 Å². The smallest absolute Gasteiger partial charge is 0.123 e. The zero-order valence-corrected chi connectivity index (χ0v) is 11.7. The quantitative estimate of drug-likeness (QED) is 0.746. The molecule has 2 rings (SSSR count). The summed E-state index contributed by atoms with van der Waals surface area (Å²) in [5.74, 6) is 1.00. The van der Waals surface area contributed by atoms with Crippen molar-refractivity contribution in [2.45, 2.75) is 13.1 Å². The molecule has 0 atom stereocenters. The lowest BCUT2D eigenvalue weighted by molar-refractivity contribution is 0.199. The van der Waals surface area contributed by atoms with E-state index in [9.17, 15) is 0 Å². The maximum Gasteiger partial charge on any atom is 0.123 e. The van der Waals surface area contributed by atoms with Crippen LogP contribution in [-0.4, -0.2) is 39.3 Å². The minimum Gasteiger partial charge on any atom is -0.395 e. The summed E-state index contributed by atoms with van der Waals surface area (Å²) in [6.45, 7) is 6.81. The summed E-state index contributed by atoms with van der Waals surface area (Å²) in [5, 5.41) is 9.09. The van der Waals surface area contributed by atoms with E-state index >= 15 is 0 Å². The second-order valence-corrected chi connectivity index (χ2v) is 4.70. The Hall–Kier alpha value is -1.91. The molecule has 1 N–H and O–H groups in total. The number of aromatic nitrogens is 2. The minimum atomic E-state index is 0.146. The molecule has 2 aromatic rings. The number of benzene rings is 1. The lowest BCUT2D eigenvalue weighted by Crippen LogP contribution is -2.28. The van der Waals surface area contributed by atoms with E-state index in [1.54, 1.807) is 0 Å². The van der Waals surface area contributed by atoms with E-state index in [0.717, 1.165) is 18.9 Å². The Kier molecular flexibility index (Phi) is 5.53. The van der Waals surface area contributed by atoms with Crippen molar-refractivity contribution in [1.82, 2.24) is 14.5 Å². The van der Waals surface area contributed by atoms with Crippen LogP contribution in [0.2, 0.25) is 0 Å². The molecule has 0 fully saturated rings. The summed E-state index contributed by atoms with van der Waals surface area (Å²) in [7, 11) is 0. The normalized spacial score (nSPS) is 10.9. The summed E-state index contributed by atoms with van der Waals surface area (Å²) in [5.41, 5.74) is 1.25. The Morgan fingerprint density at radius 1 is 1.30 bits per heavy atom. The Morgan fingerprint density at radius 3 is 2.80 bits per heavy atom. The van der Waals surface area contributed by atoms with Gasteiger partial charge in [0.2, 0.25) is 0 Å². The second-order valence-electron chi connectivity index (χ2n) is 4.70. The van der Waals surface area contributed by atoms with Crippen molar-refractivity contribution in [2.75, 3.05) is 19.7 Å². The maximum absolute atomic E-state index is 9.09. The van der Waals surface area contributed by atoms with Crippen molar-refractivity contribution in [3.05, 3.63) is 66.8 Å². The van der Waals surface area contributed by atoms with Gasteiger partial charge in [-0.25, -0.2) is 4.98 Å². The van der Waals surface area contributed by atoms with Crippen LogP contribution in [0.4, 0.5) is 0 Å². The standard InChI is InChI=1S/C16H21N3O/c1-2-9-18(11-12-20)14-16-17-8-10-19(16)13-15-6-4-3-5-7-15/h2-8,10,20H,1,9,11-14H2. The van der Waals surface area contributed by atoms with Crippen LogP contribution in [0.1, 0.15) is 11.4 Å². The molecule has 0 unspecified atom stereocenters. The van der Waals surface area contributed by atoms with Gasteiger partial charge in [0.1, 0.15) is 5.82 Å². The number of hydrogen-bond acceptors (Lipinski definition) is 3. The van der Waals surface area contributed by atoms with Gasteiger partial charge in [-0.1, -0.05) is 36.4 Å². The summed E-state index contributed by atoms with van der Waals surface area (Å²) >= 11 is 0. The first-order chi connectivity index (χ1) is 9.83. The number of imidazole rings is 1. The molecular weight excluding hydrogens is 250 g/mol. The Bertz CT molecular complexity index is 522. The van der Waals surface area contributed by atoms with Gasteiger partial charge in [-0.05, 0) is 5.56 Å².